The number of benzene rings is 2. The highest BCUT2D eigenvalue weighted by Crippen LogP contribution is 2.40. The second-order valence-electron chi connectivity index (χ2n) is 13.2. The molecular formula is C34H42O21. The number of hydrogen-bond acceptors (Lipinski definition) is 21. The second kappa shape index (κ2) is 16.3. The second-order valence-corrected chi connectivity index (χ2v) is 13.2. The van der Waals surface area contributed by atoms with E-state index in [9.17, 15) is 66.1 Å². The van der Waals surface area contributed by atoms with Crippen LogP contribution in [0.1, 0.15) is 6.92 Å². The van der Waals surface area contributed by atoms with Crippen molar-refractivity contribution in [2.45, 2.75) is 99.0 Å². The highest BCUT2D eigenvalue weighted by molar-refractivity contribution is 5.88. The van der Waals surface area contributed by atoms with Gasteiger partial charge in [0.1, 0.15) is 83.5 Å². The fourth-order valence-electron chi connectivity index (χ4n) is 6.54. The summed E-state index contributed by atoms with van der Waals surface area (Å²) in [5.74, 6) is -2.69. The van der Waals surface area contributed by atoms with Gasteiger partial charge in [-0.15, -0.1) is 0 Å². The molecule has 0 spiro atoms. The lowest BCUT2D eigenvalue weighted by molar-refractivity contribution is -0.386. The van der Waals surface area contributed by atoms with Crippen molar-refractivity contribution in [2.75, 3.05) is 20.3 Å². The number of fused-ring (bicyclic) bond motifs is 1. The molecule has 4 heterocycles. The van der Waals surface area contributed by atoms with Crippen LogP contribution in [0.3, 0.4) is 0 Å². The van der Waals surface area contributed by atoms with E-state index < -0.39 is 139 Å². The monoisotopic (exact) mass is 786 g/mol. The molecule has 0 bridgehead atoms. The van der Waals surface area contributed by atoms with E-state index in [-0.39, 0.29) is 22.6 Å². The van der Waals surface area contributed by atoms with E-state index in [2.05, 4.69) is 0 Å². The average Bonchev–Trinajstić information content (AvgIpc) is 3.15. The summed E-state index contributed by atoms with van der Waals surface area (Å²) in [5.41, 5.74) is -1.34. The van der Waals surface area contributed by atoms with Crippen molar-refractivity contribution in [1.29, 1.82) is 0 Å². The summed E-state index contributed by atoms with van der Waals surface area (Å²) in [5, 5.41) is 125. The number of ether oxygens (including phenoxy) is 7. The zero-order valence-corrected chi connectivity index (χ0v) is 29.0. The van der Waals surface area contributed by atoms with E-state index in [1.807, 2.05) is 0 Å². The van der Waals surface area contributed by atoms with Crippen LogP contribution in [-0.2, 0) is 23.7 Å². The quantitative estimate of drug-likeness (QED) is 0.0946. The molecule has 1 aromatic heterocycles. The molecule has 15 atom stereocenters. The number of phenols is 3. The van der Waals surface area contributed by atoms with Gasteiger partial charge in [-0.3, -0.25) is 4.79 Å². The summed E-state index contributed by atoms with van der Waals surface area (Å²) in [4.78, 5) is 14.1. The molecule has 21 nitrogen and oxygen atoms in total. The highest BCUT2D eigenvalue weighted by atomic mass is 16.8. The molecular weight excluding hydrogens is 744 g/mol. The largest absolute Gasteiger partial charge is 0.508 e. The van der Waals surface area contributed by atoms with Crippen LogP contribution in [-0.4, -0.2) is 174 Å². The van der Waals surface area contributed by atoms with Gasteiger partial charge >= 0.3 is 0 Å². The molecule has 15 unspecified atom stereocenters. The Labute approximate surface area is 309 Å². The van der Waals surface area contributed by atoms with E-state index in [1.165, 1.54) is 32.2 Å². The minimum Gasteiger partial charge on any atom is -0.508 e. The van der Waals surface area contributed by atoms with Crippen LogP contribution in [0.2, 0.25) is 0 Å². The van der Waals surface area contributed by atoms with E-state index in [0.29, 0.717) is 0 Å². The molecule has 55 heavy (non-hydrogen) atoms. The summed E-state index contributed by atoms with van der Waals surface area (Å²) in [6.45, 7) is -0.400. The van der Waals surface area contributed by atoms with Crippen LogP contribution in [0.4, 0.5) is 0 Å². The van der Waals surface area contributed by atoms with E-state index >= 15 is 0 Å². The average molecular weight is 787 g/mol. The van der Waals surface area contributed by atoms with Gasteiger partial charge in [0.2, 0.25) is 17.5 Å². The van der Waals surface area contributed by atoms with Gasteiger partial charge in [-0.1, -0.05) is 0 Å². The van der Waals surface area contributed by atoms with Gasteiger partial charge in [0, 0.05) is 17.7 Å². The van der Waals surface area contributed by atoms with Crippen LogP contribution in [0, 0.1) is 0 Å². The van der Waals surface area contributed by atoms with Crippen molar-refractivity contribution >= 4 is 11.0 Å². The number of hydrogen-bond donors (Lipinski definition) is 12. The maximum atomic E-state index is 14.1. The van der Waals surface area contributed by atoms with Crippen molar-refractivity contribution in [3.63, 3.8) is 0 Å². The Bertz CT molecular complexity index is 1870. The minimum absolute atomic E-state index is 0.0357. The molecule has 0 aliphatic carbocycles. The Morgan fingerprint density at radius 2 is 1.27 bits per heavy atom. The third-order valence-electron chi connectivity index (χ3n) is 9.63. The molecule has 3 aliphatic heterocycles. The van der Waals surface area contributed by atoms with Gasteiger partial charge in [0.05, 0.1) is 26.4 Å². The maximum Gasteiger partial charge on any atom is 0.239 e. The first-order chi connectivity index (χ1) is 26.1. The van der Waals surface area contributed by atoms with Gasteiger partial charge in [0.15, 0.2) is 35.9 Å². The SMILES string of the molecule is COc1cc(-c2oc3cc(O)cc(O)c3c(=O)c2OC2OC(CO)C(O)C(O)C2OC2OC(C)C(O)C(O)C2OC2OC(CO)C(O)C(O)C2O)ccc1O. The third kappa shape index (κ3) is 7.65. The number of phenolic OH excluding ortho intramolecular Hbond substituents is 3. The molecule has 3 fully saturated rings. The smallest absolute Gasteiger partial charge is 0.239 e. The zero-order valence-electron chi connectivity index (χ0n) is 29.0. The van der Waals surface area contributed by atoms with E-state index in [1.54, 1.807) is 0 Å². The molecule has 304 valence electrons. The van der Waals surface area contributed by atoms with Gasteiger partial charge in [-0.25, -0.2) is 0 Å². The standard InChI is InChI=1S/C34H42O21/c1-10-20(40)25(45)30(54-32-27(47)24(44)21(41)17(8-35)51-32)33(49-10)55-31-26(46)22(42)18(9-36)52-34(31)53-29-23(43)19-14(39)6-12(37)7-16(19)50-28(29)11-3-4-13(38)15(5-11)48-2/h3-7,10,17-18,20-22,24-27,30-42,44-47H,8-9H2,1-2H3. The van der Waals surface area contributed by atoms with Crippen LogP contribution in [0.15, 0.2) is 39.5 Å². The topological polar surface area (TPSA) is 338 Å². The number of rotatable bonds is 10. The van der Waals surface area contributed by atoms with Crippen molar-refractivity contribution in [3.8, 4) is 40.1 Å². The Hall–Kier alpha value is -3.91. The minimum atomic E-state index is -2.04. The van der Waals surface area contributed by atoms with Crippen LogP contribution < -0.4 is 14.9 Å². The molecule has 6 rings (SSSR count). The molecule has 3 aliphatic rings. The summed E-state index contributed by atoms with van der Waals surface area (Å²) < 4.78 is 45.8. The summed E-state index contributed by atoms with van der Waals surface area (Å²) in [6, 6.07) is 5.64. The van der Waals surface area contributed by atoms with Gasteiger partial charge in [-0.05, 0) is 25.1 Å². The van der Waals surface area contributed by atoms with Gasteiger partial charge in [0.25, 0.3) is 0 Å². The first kappa shape index (κ1) is 40.7. The first-order valence-corrected chi connectivity index (χ1v) is 16.9. The van der Waals surface area contributed by atoms with Crippen LogP contribution in [0.5, 0.6) is 28.7 Å². The fourth-order valence-corrected chi connectivity index (χ4v) is 6.54. The van der Waals surface area contributed by atoms with Crippen molar-refractivity contribution < 1.29 is 98.9 Å². The zero-order chi connectivity index (χ0) is 40.0. The lowest BCUT2D eigenvalue weighted by atomic mass is 9.96. The van der Waals surface area contributed by atoms with Crippen LogP contribution in [0.25, 0.3) is 22.3 Å². The Morgan fingerprint density at radius 1 is 0.673 bits per heavy atom. The highest BCUT2D eigenvalue weighted by Gasteiger charge is 2.54. The lowest BCUT2D eigenvalue weighted by Crippen LogP contribution is -2.66. The van der Waals surface area contributed by atoms with Crippen molar-refractivity contribution in [1.82, 2.24) is 0 Å². The van der Waals surface area contributed by atoms with E-state index in [0.717, 1.165) is 12.1 Å². The van der Waals surface area contributed by atoms with Crippen LogP contribution >= 0.6 is 0 Å². The first-order valence-electron chi connectivity index (χ1n) is 16.9. The predicted octanol–water partition coefficient (Wildman–Crippen LogP) is -3.56. The molecule has 21 heteroatoms. The Morgan fingerprint density at radius 3 is 1.93 bits per heavy atom. The summed E-state index contributed by atoms with van der Waals surface area (Å²) in [6.07, 6.45) is -26.9. The molecule has 2 aromatic carbocycles. The Kier molecular flexibility index (Phi) is 12.1. The predicted molar refractivity (Wildman–Crippen MR) is 178 cm³/mol. The number of aliphatic hydroxyl groups is 9. The summed E-state index contributed by atoms with van der Waals surface area (Å²) in [7, 11) is 1.25. The normalized spacial score (nSPS) is 36.8. The Balaban J connectivity index is 1.41. The van der Waals surface area contributed by atoms with Crippen molar-refractivity contribution in [2.24, 2.45) is 0 Å². The number of aromatic hydroxyl groups is 3. The fraction of sp³-hybridized carbons (Fsp3) is 0.559. The number of methoxy groups -OCH3 is 1. The van der Waals surface area contributed by atoms with E-state index in [4.69, 9.17) is 37.6 Å². The molecule has 3 aromatic rings. The molecule has 0 radical (unpaired) electrons. The molecule has 12 N–H and O–H groups in total. The summed E-state index contributed by atoms with van der Waals surface area (Å²) >= 11 is 0. The van der Waals surface area contributed by atoms with Gasteiger partial charge in [-0.2, -0.15) is 0 Å². The molecule has 3 saturated heterocycles. The lowest BCUT2D eigenvalue weighted by Gasteiger charge is -2.48. The van der Waals surface area contributed by atoms with Crippen molar-refractivity contribution in [3.05, 3.63) is 40.6 Å². The molecule has 0 amide bonds. The molecule has 0 saturated carbocycles. The number of aliphatic hydroxyl groups excluding tert-OH is 9. The maximum absolute atomic E-state index is 14.1. The van der Waals surface area contributed by atoms with Gasteiger partial charge < -0.3 is 98.9 Å². The third-order valence-corrected chi connectivity index (χ3v) is 9.63.